The molecule has 7 N–H and O–H groups in total. The van der Waals surface area contributed by atoms with E-state index in [-0.39, 0.29) is 28.4 Å². The van der Waals surface area contributed by atoms with Gasteiger partial charge in [-0.05, 0) is 30.5 Å². The Labute approximate surface area is 155 Å². The van der Waals surface area contributed by atoms with E-state index in [2.05, 4.69) is 20.3 Å². The molecule has 0 unspecified atom stereocenters. The maximum Gasteiger partial charge on any atom is 0.280 e. The number of nitrogens with one attached hydrogen (secondary N) is 1. The molecule has 0 fully saturated rings. The van der Waals surface area contributed by atoms with Gasteiger partial charge in [0.1, 0.15) is 5.75 Å². The van der Waals surface area contributed by atoms with Crippen molar-refractivity contribution in [2.24, 2.45) is 10.7 Å². The van der Waals surface area contributed by atoms with E-state index in [0.717, 1.165) is 24.2 Å². The van der Waals surface area contributed by atoms with Gasteiger partial charge in [0, 0.05) is 6.54 Å². The zero-order valence-corrected chi connectivity index (χ0v) is 15.0. The Bertz CT molecular complexity index is 809. The minimum absolute atomic E-state index is 0.0427. The maximum atomic E-state index is 12.1. The largest absolute Gasteiger partial charge is 0.497 e. The molecular formula is C16H20ClN7O2. The molecule has 0 atom stereocenters. The van der Waals surface area contributed by atoms with E-state index < -0.39 is 5.91 Å². The minimum Gasteiger partial charge on any atom is -0.497 e. The Hall–Kier alpha value is -3.07. The Morgan fingerprint density at radius 1 is 1.23 bits per heavy atom. The summed E-state index contributed by atoms with van der Waals surface area (Å²) in [5.74, 6) is -0.0892. The van der Waals surface area contributed by atoms with E-state index in [4.69, 9.17) is 33.5 Å². The molecular weight excluding hydrogens is 358 g/mol. The number of hydrogen-bond acceptors (Lipinski definition) is 7. The molecule has 10 heteroatoms. The summed E-state index contributed by atoms with van der Waals surface area (Å²) in [7, 11) is 1.62. The fourth-order valence-electron chi connectivity index (χ4n) is 2.10. The van der Waals surface area contributed by atoms with E-state index >= 15 is 0 Å². The number of amides is 1. The second-order valence-corrected chi connectivity index (χ2v) is 5.66. The molecule has 1 heterocycles. The van der Waals surface area contributed by atoms with Crippen molar-refractivity contribution in [1.82, 2.24) is 15.3 Å². The van der Waals surface area contributed by atoms with Crippen molar-refractivity contribution in [1.29, 1.82) is 0 Å². The lowest BCUT2D eigenvalue weighted by molar-refractivity contribution is 0.0972. The minimum atomic E-state index is -0.659. The van der Waals surface area contributed by atoms with Crippen LogP contribution in [0.3, 0.4) is 0 Å². The summed E-state index contributed by atoms with van der Waals surface area (Å²) in [4.78, 5) is 23.7. The zero-order valence-electron chi connectivity index (χ0n) is 14.2. The third kappa shape index (κ3) is 5.21. The smallest absolute Gasteiger partial charge is 0.280 e. The number of aliphatic imine (C=N–C) groups is 1. The Morgan fingerprint density at radius 3 is 2.58 bits per heavy atom. The van der Waals surface area contributed by atoms with Crippen LogP contribution in [-0.4, -0.2) is 35.5 Å². The zero-order chi connectivity index (χ0) is 19.1. The quantitative estimate of drug-likeness (QED) is 0.332. The van der Waals surface area contributed by atoms with Gasteiger partial charge in [0.05, 0.1) is 7.11 Å². The first-order valence-corrected chi connectivity index (χ1v) is 8.11. The first-order valence-electron chi connectivity index (χ1n) is 7.73. The van der Waals surface area contributed by atoms with Crippen molar-refractivity contribution in [2.45, 2.75) is 12.8 Å². The SMILES string of the molecule is COc1ccc(CCCN=C(N)NC(=O)c2nc(Cl)c(N)nc2N)cc1. The summed E-state index contributed by atoms with van der Waals surface area (Å²) in [6.45, 7) is 0.446. The number of rotatable bonds is 6. The molecule has 1 amide bonds. The number of nitrogen functional groups attached to an aromatic ring is 2. The normalized spacial score (nSPS) is 11.2. The molecule has 0 spiro atoms. The molecule has 1 aromatic carbocycles. The second kappa shape index (κ2) is 8.86. The number of nitrogens with zero attached hydrogens (tertiary/aromatic N) is 3. The van der Waals surface area contributed by atoms with Gasteiger partial charge >= 0.3 is 0 Å². The number of nitrogens with two attached hydrogens (primary N) is 3. The van der Waals surface area contributed by atoms with Crippen LogP contribution in [-0.2, 0) is 6.42 Å². The van der Waals surface area contributed by atoms with Gasteiger partial charge in [-0.15, -0.1) is 0 Å². The first kappa shape index (κ1) is 19.3. The lowest BCUT2D eigenvalue weighted by atomic mass is 10.1. The molecule has 0 saturated heterocycles. The maximum absolute atomic E-state index is 12.1. The highest BCUT2D eigenvalue weighted by molar-refractivity contribution is 6.31. The van der Waals surface area contributed by atoms with Crippen LogP contribution in [0.2, 0.25) is 5.15 Å². The van der Waals surface area contributed by atoms with Crippen molar-refractivity contribution < 1.29 is 9.53 Å². The van der Waals surface area contributed by atoms with Crippen molar-refractivity contribution >= 4 is 35.1 Å². The van der Waals surface area contributed by atoms with E-state index in [1.54, 1.807) is 7.11 Å². The summed E-state index contributed by atoms with van der Waals surface area (Å²) < 4.78 is 5.11. The van der Waals surface area contributed by atoms with Crippen LogP contribution < -0.4 is 27.3 Å². The summed E-state index contributed by atoms with van der Waals surface area (Å²) in [5.41, 5.74) is 17.8. The number of anilines is 2. The van der Waals surface area contributed by atoms with Gasteiger partial charge in [0.25, 0.3) is 5.91 Å². The fraction of sp³-hybridized carbons (Fsp3) is 0.250. The Morgan fingerprint density at radius 2 is 1.92 bits per heavy atom. The predicted octanol–water partition coefficient (Wildman–Crippen LogP) is 0.980. The van der Waals surface area contributed by atoms with E-state index in [0.29, 0.717) is 6.54 Å². The standard InChI is InChI=1S/C16H20ClN7O2/c1-26-10-6-4-9(5-7-10)3-2-8-21-16(20)24-15(25)11-13(18)23-14(19)12(17)22-11/h4-7H,2-3,8H2,1H3,(H4,18,19,23)(H3,20,21,24,25). The number of halogens is 1. The summed E-state index contributed by atoms with van der Waals surface area (Å²) in [6, 6.07) is 7.77. The number of carbonyl (C=O) groups is 1. The third-order valence-corrected chi connectivity index (χ3v) is 3.70. The molecule has 2 aromatic rings. The average Bonchev–Trinajstić information content (AvgIpc) is 2.62. The summed E-state index contributed by atoms with van der Waals surface area (Å²) in [6.07, 6.45) is 1.58. The second-order valence-electron chi connectivity index (χ2n) is 5.31. The lowest BCUT2D eigenvalue weighted by Crippen LogP contribution is -2.38. The van der Waals surface area contributed by atoms with Crippen LogP contribution in [0.1, 0.15) is 22.5 Å². The van der Waals surface area contributed by atoms with Gasteiger partial charge < -0.3 is 21.9 Å². The lowest BCUT2D eigenvalue weighted by Gasteiger charge is -2.07. The molecule has 138 valence electrons. The average molecular weight is 378 g/mol. The van der Waals surface area contributed by atoms with Gasteiger partial charge in [-0.25, -0.2) is 9.97 Å². The van der Waals surface area contributed by atoms with Crippen molar-refractivity contribution in [3.05, 3.63) is 40.7 Å². The van der Waals surface area contributed by atoms with Crippen molar-refractivity contribution in [2.75, 3.05) is 25.1 Å². The summed E-state index contributed by atoms with van der Waals surface area (Å²) >= 11 is 5.74. The van der Waals surface area contributed by atoms with Crippen LogP contribution in [0.4, 0.5) is 11.6 Å². The molecule has 0 radical (unpaired) electrons. The monoisotopic (exact) mass is 377 g/mol. The van der Waals surface area contributed by atoms with E-state index in [1.807, 2.05) is 24.3 Å². The van der Waals surface area contributed by atoms with Crippen molar-refractivity contribution in [3.63, 3.8) is 0 Å². The number of methoxy groups -OCH3 is 1. The van der Waals surface area contributed by atoms with Gasteiger partial charge in [-0.1, -0.05) is 23.7 Å². The molecule has 0 aliphatic rings. The first-order chi connectivity index (χ1) is 12.4. The number of guanidine groups is 1. The van der Waals surface area contributed by atoms with Gasteiger partial charge in [0.2, 0.25) is 0 Å². The predicted molar refractivity (Wildman–Crippen MR) is 101 cm³/mol. The van der Waals surface area contributed by atoms with Gasteiger partial charge in [-0.2, -0.15) is 0 Å². The number of aromatic nitrogens is 2. The third-order valence-electron chi connectivity index (χ3n) is 3.43. The van der Waals surface area contributed by atoms with Crippen molar-refractivity contribution in [3.8, 4) is 5.75 Å². The van der Waals surface area contributed by atoms with Gasteiger partial charge in [0.15, 0.2) is 28.4 Å². The Balaban J connectivity index is 1.85. The summed E-state index contributed by atoms with van der Waals surface area (Å²) in [5, 5.41) is 2.28. The molecule has 0 bridgehead atoms. The number of benzene rings is 1. The molecule has 9 nitrogen and oxygen atoms in total. The topological polar surface area (TPSA) is 155 Å². The molecule has 26 heavy (non-hydrogen) atoms. The van der Waals surface area contributed by atoms with Crippen LogP contribution in [0.15, 0.2) is 29.3 Å². The molecule has 2 rings (SSSR count). The highest BCUT2D eigenvalue weighted by atomic mass is 35.5. The number of hydrogen-bond donors (Lipinski definition) is 4. The number of carbonyl (C=O) groups excluding carboxylic acids is 1. The van der Waals surface area contributed by atoms with Gasteiger partial charge in [-0.3, -0.25) is 15.1 Å². The van der Waals surface area contributed by atoms with E-state index in [9.17, 15) is 4.79 Å². The highest BCUT2D eigenvalue weighted by Crippen LogP contribution is 2.17. The van der Waals surface area contributed by atoms with E-state index in [1.165, 1.54) is 0 Å². The number of ether oxygens (including phenoxy) is 1. The van der Waals surface area contributed by atoms with Crippen LogP contribution in [0.25, 0.3) is 0 Å². The fourth-order valence-corrected chi connectivity index (χ4v) is 2.23. The van der Waals surface area contributed by atoms with Crippen LogP contribution >= 0.6 is 11.6 Å². The molecule has 1 aromatic heterocycles. The van der Waals surface area contributed by atoms with Crippen LogP contribution in [0.5, 0.6) is 5.75 Å². The number of aryl methyl sites for hydroxylation is 1. The molecule has 0 aliphatic carbocycles. The molecule has 0 aliphatic heterocycles. The highest BCUT2D eigenvalue weighted by Gasteiger charge is 2.16. The Kier molecular flexibility index (Phi) is 6.56. The molecule has 0 saturated carbocycles. The van der Waals surface area contributed by atoms with Crippen LogP contribution in [0, 0.1) is 0 Å².